The molecule has 1 amide bonds. The summed E-state index contributed by atoms with van der Waals surface area (Å²) >= 11 is 0. The quantitative estimate of drug-likeness (QED) is 0.528. The van der Waals surface area contributed by atoms with Crippen molar-refractivity contribution in [1.82, 2.24) is 10.2 Å². The van der Waals surface area contributed by atoms with Gasteiger partial charge < -0.3 is 10.2 Å². The average molecular weight is 144 g/mol. The van der Waals surface area contributed by atoms with Gasteiger partial charge in [0.05, 0.1) is 0 Å². The number of carbonyl (C=O) groups excluding carboxylic acids is 1. The van der Waals surface area contributed by atoms with Gasteiger partial charge in [0.1, 0.15) is 0 Å². The predicted octanol–water partition coefficient (Wildman–Crippen LogP) is 0.0742. The minimum absolute atomic E-state index is 0.750. The number of nitrogens with zero attached hydrogens (tertiary/aromatic N) is 1. The molecular weight excluding hydrogens is 128 g/mol. The van der Waals surface area contributed by atoms with Crippen molar-refractivity contribution in [1.29, 1.82) is 0 Å². The Morgan fingerprint density at radius 3 is 1.80 bits per heavy atom. The van der Waals surface area contributed by atoms with Crippen LogP contribution in [0, 0.1) is 0 Å². The first kappa shape index (κ1) is 9.43. The van der Waals surface area contributed by atoms with Gasteiger partial charge in [0.25, 0.3) is 0 Å². The van der Waals surface area contributed by atoms with Gasteiger partial charge in [-0.05, 0) is 25.9 Å². The van der Waals surface area contributed by atoms with E-state index in [0.29, 0.717) is 0 Å². The highest BCUT2D eigenvalue weighted by Gasteiger charge is 1.93. The lowest BCUT2D eigenvalue weighted by molar-refractivity contribution is -0.115. The fourth-order valence-corrected chi connectivity index (χ4v) is 0.625. The van der Waals surface area contributed by atoms with Gasteiger partial charge in [0.15, 0.2) is 0 Å². The second-order valence-corrected chi connectivity index (χ2v) is 2.53. The summed E-state index contributed by atoms with van der Waals surface area (Å²) in [6, 6.07) is 0. The molecule has 1 aliphatic heterocycles. The van der Waals surface area contributed by atoms with Crippen molar-refractivity contribution in [3.05, 3.63) is 0 Å². The maximum Gasteiger partial charge on any atom is 0.209 e. The molecule has 1 heterocycles. The van der Waals surface area contributed by atoms with E-state index >= 15 is 0 Å². The predicted molar refractivity (Wildman–Crippen MR) is 41.9 cm³/mol. The van der Waals surface area contributed by atoms with Gasteiger partial charge >= 0.3 is 0 Å². The molecule has 0 aromatic heterocycles. The molecule has 10 heavy (non-hydrogen) atoms. The molecule has 1 saturated heterocycles. The average Bonchev–Trinajstić information content (AvgIpc) is 2.43. The summed E-state index contributed by atoms with van der Waals surface area (Å²) in [6.07, 6.45) is 3.53. The molecular formula is C7H16N2O. The largest absolute Gasteiger partial charge is 0.351 e. The third kappa shape index (κ3) is 7.43. The number of carbonyl (C=O) groups is 1. The summed E-state index contributed by atoms with van der Waals surface area (Å²) in [7, 11) is 3.38. The van der Waals surface area contributed by atoms with Crippen molar-refractivity contribution in [2.24, 2.45) is 0 Å². The first-order chi connectivity index (χ1) is 4.77. The molecule has 1 rings (SSSR count). The van der Waals surface area contributed by atoms with Gasteiger partial charge in [-0.15, -0.1) is 0 Å². The standard InChI is InChI=1S/C4H9N.C3H7NO/c1-2-4-5-3-1;1-4(2)3-5/h5H,1-4H2;3H,1-2H3. The molecule has 0 aliphatic carbocycles. The summed E-state index contributed by atoms with van der Waals surface area (Å²) in [4.78, 5) is 10.9. The summed E-state index contributed by atoms with van der Waals surface area (Å²) in [5, 5.41) is 3.22. The molecule has 1 fully saturated rings. The molecule has 0 aromatic rings. The second-order valence-electron chi connectivity index (χ2n) is 2.53. The third-order valence-corrected chi connectivity index (χ3v) is 1.17. The van der Waals surface area contributed by atoms with Gasteiger partial charge in [-0.1, -0.05) is 0 Å². The number of hydrogen-bond donors (Lipinski definition) is 1. The number of nitrogens with one attached hydrogen (secondary N) is 1. The molecule has 1 N–H and O–H groups in total. The van der Waals surface area contributed by atoms with Gasteiger partial charge in [-0.3, -0.25) is 4.79 Å². The van der Waals surface area contributed by atoms with Gasteiger partial charge in [-0.2, -0.15) is 0 Å². The van der Waals surface area contributed by atoms with Crippen molar-refractivity contribution in [3.8, 4) is 0 Å². The molecule has 0 aromatic carbocycles. The van der Waals surface area contributed by atoms with Crippen LogP contribution in [0.3, 0.4) is 0 Å². The Morgan fingerprint density at radius 1 is 1.30 bits per heavy atom. The second kappa shape index (κ2) is 6.55. The molecule has 60 valence electrons. The highest BCUT2D eigenvalue weighted by molar-refractivity contribution is 5.45. The Kier molecular flexibility index (Phi) is 6.18. The van der Waals surface area contributed by atoms with E-state index in [0.717, 1.165) is 6.41 Å². The molecule has 0 radical (unpaired) electrons. The summed E-state index contributed by atoms with van der Waals surface area (Å²) in [5.41, 5.74) is 0. The van der Waals surface area contributed by atoms with Crippen LogP contribution in [-0.2, 0) is 4.79 Å². The van der Waals surface area contributed by atoms with Crippen LogP contribution in [0.4, 0.5) is 0 Å². The van der Waals surface area contributed by atoms with E-state index in [1.54, 1.807) is 14.1 Å². The van der Waals surface area contributed by atoms with Crippen LogP contribution in [0.25, 0.3) is 0 Å². The topological polar surface area (TPSA) is 32.3 Å². The molecule has 0 unspecified atom stereocenters. The lowest BCUT2D eigenvalue weighted by Gasteiger charge is -1.93. The van der Waals surface area contributed by atoms with Crippen LogP contribution in [0.5, 0.6) is 0 Å². The van der Waals surface area contributed by atoms with Gasteiger partial charge in [-0.25, -0.2) is 0 Å². The zero-order valence-electron chi connectivity index (χ0n) is 6.76. The van der Waals surface area contributed by atoms with Gasteiger partial charge in [0.2, 0.25) is 6.41 Å². The number of hydrogen-bond acceptors (Lipinski definition) is 2. The van der Waals surface area contributed by atoms with Crippen LogP contribution in [0.2, 0.25) is 0 Å². The van der Waals surface area contributed by atoms with E-state index in [4.69, 9.17) is 0 Å². The SMILES string of the molecule is C1CCNC1.CN(C)C=O. The maximum atomic E-state index is 9.43. The fourth-order valence-electron chi connectivity index (χ4n) is 0.625. The molecule has 0 spiro atoms. The fraction of sp³-hybridized carbons (Fsp3) is 0.857. The molecule has 1 aliphatic rings. The molecule has 0 atom stereocenters. The Morgan fingerprint density at radius 2 is 1.70 bits per heavy atom. The Hall–Kier alpha value is -0.570. The van der Waals surface area contributed by atoms with Crippen molar-refractivity contribution in [2.75, 3.05) is 27.2 Å². The van der Waals surface area contributed by atoms with Crippen LogP contribution in [0.15, 0.2) is 0 Å². The normalized spacial score (nSPS) is 15.4. The summed E-state index contributed by atoms with van der Waals surface area (Å²) in [6.45, 7) is 2.50. The van der Waals surface area contributed by atoms with Crippen LogP contribution >= 0.6 is 0 Å². The Bertz CT molecular complexity index is 72.1. The van der Waals surface area contributed by atoms with E-state index in [1.165, 1.54) is 30.8 Å². The summed E-state index contributed by atoms with van der Waals surface area (Å²) in [5.74, 6) is 0. The van der Waals surface area contributed by atoms with Crippen molar-refractivity contribution < 1.29 is 4.79 Å². The van der Waals surface area contributed by atoms with E-state index in [-0.39, 0.29) is 0 Å². The van der Waals surface area contributed by atoms with Crippen LogP contribution < -0.4 is 5.32 Å². The lowest BCUT2D eigenvalue weighted by Crippen LogP contribution is -2.06. The summed E-state index contributed by atoms with van der Waals surface area (Å²) < 4.78 is 0. The first-order valence-electron chi connectivity index (χ1n) is 3.60. The van der Waals surface area contributed by atoms with E-state index < -0.39 is 0 Å². The minimum atomic E-state index is 0.750. The zero-order valence-corrected chi connectivity index (χ0v) is 6.76. The molecule has 3 nitrogen and oxygen atoms in total. The third-order valence-electron chi connectivity index (χ3n) is 1.17. The van der Waals surface area contributed by atoms with E-state index in [2.05, 4.69) is 5.32 Å². The smallest absolute Gasteiger partial charge is 0.209 e. The van der Waals surface area contributed by atoms with Crippen molar-refractivity contribution in [2.45, 2.75) is 12.8 Å². The van der Waals surface area contributed by atoms with Gasteiger partial charge in [0, 0.05) is 14.1 Å². The molecule has 3 heteroatoms. The zero-order chi connectivity index (χ0) is 7.82. The maximum absolute atomic E-state index is 9.43. The van der Waals surface area contributed by atoms with E-state index in [9.17, 15) is 4.79 Å². The van der Waals surface area contributed by atoms with Crippen LogP contribution in [-0.4, -0.2) is 38.5 Å². The number of amides is 1. The lowest BCUT2D eigenvalue weighted by atomic mass is 10.4. The molecule has 0 saturated carbocycles. The highest BCUT2D eigenvalue weighted by Crippen LogP contribution is 1.90. The Balaban J connectivity index is 0.000000162. The van der Waals surface area contributed by atoms with E-state index in [1.807, 2.05) is 0 Å². The van der Waals surface area contributed by atoms with Crippen molar-refractivity contribution >= 4 is 6.41 Å². The minimum Gasteiger partial charge on any atom is -0.351 e. The first-order valence-corrected chi connectivity index (χ1v) is 3.60. The van der Waals surface area contributed by atoms with Crippen molar-refractivity contribution in [3.63, 3.8) is 0 Å². The Labute approximate surface area is 62.4 Å². The number of rotatable bonds is 1. The molecule has 0 bridgehead atoms. The van der Waals surface area contributed by atoms with Crippen LogP contribution in [0.1, 0.15) is 12.8 Å². The highest BCUT2D eigenvalue weighted by atomic mass is 16.1. The monoisotopic (exact) mass is 144 g/mol.